The van der Waals surface area contributed by atoms with Gasteiger partial charge in [-0.25, -0.2) is 4.79 Å². The fourth-order valence-corrected chi connectivity index (χ4v) is 4.04. The van der Waals surface area contributed by atoms with E-state index < -0.39 is 0 Å². The molecule has 5 heteroatoms. The van der Waals surface area contributed by atoms with Crippen LogP contribution < -0.4 is 10.2 Å². The predicted molar refractivity (Wildman–Crippen MR) is 98.4 cm³/mol. The van der Waals surface area contributed by atoms with Gasteiger partial charge in [0.15, 0.2) is 0 Å². The van der Waals surface area contributed by atoms with Crippen LogP contribution in [0.4, 0.5) is 10.5 Å². The van der Waals surface area contributed by atoms with Gasteiger partial charge in [0.1, 0.15) is 0 Å². The fraction of sp³-hybridized carbons (Fsp3) is 0.316. The Morgan fingerprint density at radius 2 is 1.92 bits per heavy atom. The van der Waals surface area contributed by atoms with Gasteiger partial charge in [0, 0.05) is 18.1 Å². The third kappa shape index (κ3) is 2.87. The first kappa shape index (κ1) is 15.8. The molecule has 24 heavy (non-hydrogen) atoms. The quantitative estimate of drug-likeness (QED) is 0.817. The van der Waals surface area contributed by atoms with Crippen LogP contribution in [0.3, 0.4) is 0 Å². The molecule has 1 saturated heterocycles. The maximum atomic E-state index is 12.0. The number of nitrogens with zero attached hydrogens (tertiary/aromatic N) is 1. The molecule has 0 aromatic heterocycles. The Morgan fingerprint density at radius 3 is 2.54 bits per heavy atom. The summed E-state index contributed by atoms with van der Waals surface area (Å²) in [5.74, 6) is 0.458. The zero-order valence-electron chi connectivity index (χ0n) is 13.2. The summed E-state index contributed by atoms with van der Waals surface area (Å²) in [6.45, 7) is 1.26. The largest absolute Gasteiger partial charge is 0.336 e. The average molecular weight is 361 g/mol. The van der Waals surface area contributed by atoms with Crippen molar-refractivity contribution in [3.63, 3.8) is 0 Å². The van der Waals surface area contributed by atoms with Crippen LogP contribution in [-0.2, 0) is 6.42 Å². The number of carbonyl (C=O) groups is 1. The van der Waals surface area contributed by atoms with Gasteiger partial charge in [-0.2, -0.15) is 0 Å². The second kappa shape index (κ2) is 6.30. The van der Waals surface area contributed by atoms with Crippen molar-refractivity contribution in [3.8, 4) is 0 Å². The first-order chi connectivity index (χ1) is 11.6. The Bertz CT molecular complexity index is 788. The van der Waals surface area contributed by atoms with Crippen LogP contribution in [-0.4, -0.2) is 19.1 Å². The lowest BCUT2D eigenvalue weighted by Crippen LogP contribution is -2.28. The van der Waals surface area contributed by atoms with Crippen LogP contribution in [0.2, 0.25) is 10.0 Å². The summed E-state index contributed by atoms with van der Waals surface area (Å²) in [6.07, 6.45) is 3.03. The lowest BCUT2D eigenvalue weighted by molar-refractivity contribution is 0.252. The average Bonchev–Trinajstić information content (AvgIpc) is 3.33. The molecule has 1 saturated carbocycles. The summed E-state index contributed by atoms with van der Waals surface area (Å²) in [5.41, 5.74) is 4.17. The smallest absolute Gasteiger partial charge is 0.322 e. The molecule has 1 aliphatic heterocycles. The minimum Gasteiger partial charge on any atom is -0.336 e. The van der Waals surface area contributed by atoms with Crippen molar-refractivity contribution in [2.75, 3.05) is 18.0 Å². The van der Waals surface area contributed by atoms with Crippen LogP contribution in [0, 0.1) is 0 Å². The van der Waals surface area contributed by atoms with E-state index in [1.165, 1.54) is 5.56 Å². The first-order valence-corrected chi connectivity index (χ1v) is 9.01. The summed E-state index contributed by atoms with van der Waals surface area (Å²) in [6, 6.07) is 12.0. The van der Waals surface area contributed by atoms with Crippen molar-refractivity contribution in [3.05, 3.63) is 63.1 Å². The standard InChI is InChI=1S/C19H18Cl2N2O/c20-15-11-16(23-9-8-22-19(23)24)18(21)17(13-6-7-13)14(15)10-12-4-2-1-3-5-12/h1-5,11,13H,6-10H2,(H,22,24). The first-order valence-electron chi connectivity index (χ1n) is 8.25. The van der Waals surface area contributed by atoms with E-state index in [2.05, 4.69) is 17.4 Å². The summed E-state index contributed by atoms with van der Waals surface area (Å²) < 4.78 is 0. The normalized spacial score (nSPS) is 17.2. The highest BCUT2D eigenvalue weighted by molar-refractivity contribution is 6.37. The number of hydrogen-bond acceptors (Lipinski definition) is 1. The van der Waals surface area contributed by atoms with Gasteiger partial charge in [-0.3, -0.25) is 4.90 Å². The van der Waals surface area contributed by atoms with Gasteiger partial charge in [0.05, 0.1) is 10.7 Å². The Morgan fingerprint density at radius 1 is 1.17 bits per heavy atom. The van der Waals surface area contributed by atoms with E-state index in [4.69, 9.17) is 23.2 Å². The van der Waals surface area contributed by atoms with E-state index in [0.717, 1.165) is 36.1 Å². The fourth-order valence-electron chi connectivity index (χ4n) is 3.34. The third-order valence-electron chi connectivity index (χ3n) is 4.70. The maximum absolute atomic E-state index is 12.0. The number of amides is 2. The van der Waals surface area contributed by atoms with Crippen molar-refractivity contribution in [2.45, 2.75) is 25.2 Å². The van der Waals surface area contributed by atoms with Gasteiger partial charge in [0.2, 0.25) is 0 Å². The Labute approximate surface area is 151 Å². The van der Waals surface area contributed by atoms with E-state index in [1.807, 2.05) is 24.3 Å². The summed E-state index contributed by atoms with van der Waals surface area (Å²) in [4.78, 5) is 13.7. The SMILES string of the molecule is O=C1NCCN1c1cc(Cl)c(Cc2ccccc2)c(C2CC2)c1Cl. The Kier molecular flexibility index (Phi) is 4.15. The molecule has 3 nitrogen and oxygen atoms in total. The van der Waals surface area contributed by atoms with Crippen LogP contribution in [0.1, 0.15) is 35.4 Å². The minimum atomic E-state index is -0.106. The molecule has 2 aromatic rings. The molecule has 2 amide bonds. The van der Waals surface area contributed by atoms with E-state index in [0.29, 0.717) is 29.1 Å². The van der Waals surface area contributed by atoms with E-state index in [1.54, 1.807) is 4.90 Å². The van der Waals surface area contributed by atoms with Gasteiger partial charge in [-0.05, 0) is 47.9 Å². The van der Waals surface area contributed by atoms with Crippen molar-refractivity contribution < 1.29 is 4.79 Å². The molecule has 0 atom stereocenters. The molecule has 4 rings (SSSR count). The molecule has 2 fully saturated rings. The molecule has 124 valence electrons. The summed E-state index contributed by atoms with van der Waals surface area (Å²) in [5, 5.41) is 4.20. The summed E-state index contributed by atoms with van der Waals surface area (Å²) in [7, 11) is 0. The lowest BCUT2D eigenvalue weighted by Gasteiger charge is -2.22. The van der Waals surface area contributed by atoms with E-state index >= 15 is 0 Å². The number of nitrogens with one attached hydrogen (secondary N) is 1. The third-order valence-corrected chi connectivity index (χ3v) is 5.43. The highest BCUT2D eigenvalue weighted by Crippen LogP contribution is 2.50. The van der Waals surface area contributed by atoms with E-state index in [9.17, 15) is 4.79 Å². The van der Waals surface area contributed by atoms with Gasteiger partial charge >= 0.3 is 6.03 Å². The van der Waals surface area contributed by atoms with Gasteiger partial charge in [-0.15, -0.1) is 0 Å². The van der Waals surface area contributed by atoms with Crippen LogP contribution in [0.25, 0.3) is 0 Å². The number of halogens is 2. The summed E-state index contributed by atoms with van der Waals surface area (Å²) >= 11 is 13.4. The second-order valence-corrected chi connectivity index (χ2v) is 7.19. The Balaban J connectivity index is 1.79. The highest BCUT2D eigenvalue weighted by Gasteiger charge is 2.33. The maximum Gasteiger partial charge on any atom is 0.322 e. The topological polar surface area (TPSA) is 32.3 Å². The van der Waals surface area contributed by atoms with Gasteiger partial charge < -0.3 is 5.32 Å². The van der Waals surface area contributed by atoms with Crippen LogP contribution in [0.5, 0.6) is 0 Å². The van der Waals surface area contributed by atoms with Crippen LogP contribution >= 0.6 is 23.2 Å². The molecular weight excluding hydrogens is 343 g/mol. The number of rotatable bonds is 4. The molecule has 0 spiro atoms. The van der Waals surface area contributed by atoms with Crippen molar-refractivity contribution in [1.29, 1.82) is 0 Å². The highest BCUT2D eigenvalue weighted by atomic mass is 35.5. The predicted octanol–water partition coefficient (Wildman–Crippen LogP) is 4.99. The van der Waals surface area contributed by atoms with Crippen molar-refractivity contribution in [2.24, 2.45) is 0 Å². The zero-order valence-corrected chi connectivity index (χ0v) is 14.7. The Hall–Kier alpha value is -1.71. The number of urea groups is 1. The zero-order chi connectivity index (χ0) is 16.7. The molecule has 0 unspecified atom stereocenters. The van der Waals surface area contributed by atoms with Crippen molar-refractivity contribution >= 4 is 34.9 Å². The number of benzene rings is 2. The molecule has 1 N–H and O–H groups in total. The van der Waals surface area contributed by atoms with Crippen molar-refractivity contribution in [1.82, 2.24) is 5.32 Å². The molecule has 1 aliphatic carbocycles. The molecular formula is C19H18Cl2N2O. The van der Waals surface area contributed by atoms with E-state index in [-0.39, 0.29) is 6.03 Å². The molecule has 1 heterocycles. The van der Waals surface area contributed by atoms with Gasteiger partial charge in [-0.1, -0.05) is 53.5 Å². The van der Waals surface area contributed by atoms with Crippen LogP contribution in [0.15, 0.2) is 36.4 Å². The number of hydrogen-bond donors (Lipinski definition) is 1. The second-order valence-electron chi connectivity index (χ2n) is 6.40. The molecule has 0 radical (unpaired) electrons. The molecule has 2 aliphatic rings. The monoisotopic (exact) mass is 360 g/mol. The number of carbonyl (C=O) groups excluding carboxylic acids is 1. The molecule has 0 bridgehead atoms. The number of anilines is 1. The molecule has 2 aromatic carbocycles. The lowest BCUT2D eigenvalue weighted by atomic mass is 9.95. The minimum absolute atomic E-state index is 0.106. The van der Waals surface area contributed by atoms with Gasteiger partial charge in [0.25, 0.3) is 0 Å².